The third-order valence-corrected chi connectivity index (χ3v) is 5.81. The van der Waals surface area contributed by atoms with E-state index in [1.807, 2.05) is 25.3 Å². The summed E-state index contributed by atoms with van der Waals surface area (Å²) >= 11 is 1.36. The lowest BCUT2D eigenvalue weighted by molar-refractivity contribution is -0.137. The van der Waals surface area contributed by atoms with Crippen LogP contribution in [-0.2, 0) is 11.2 Å². The van der Waals surface area contributed by atoms with Gasteiger partial charge in [0.15, 0.2) is 0 Å². The summed E-state index contributed by atoms with van der Waals surface area (Å²) < 4.78 is 0. The molecule has 0 fully saturated rings. The second kappa shape index (κ2) is 9.57. The van der Waals surface area contributed by atoms with Crippen molar-refractivity contribution < 1.29 is 14.7 Å². The van der Waals surface area contributed by atoms with E-state index in [1.165, 1.54) is 11.3 Å². The molecule has 9 heteroatoms. The largest absolute Gasteiger partial charge is 0.480 e. The van der Waals surface area contributed by atoms with Gasteiger partial charge in [0, 0.05) is 18.7 Å². The first-order valence-electron chi connectivity index (χ1n) is 9.82. The van der Waals surface area contributed by atoms with Crippen LogP contribution in [0.3, 0.4) is 0 Å². The fourth-order valence-corrected chi connectivity index (χ4v) is 3.90. The molecule has 0 bridgehead atoms. The molecule has 4 N–H and O–H groups in total. The van der Waals surface area contributed by atoms with Gasteiger partial charge < -0.3 is 21.1 Å². The predicted octanol–water partition coefficient (Wildman–Crippen LogP) is 2.83. The number of carbonyl (C=O) groups is 2. The maximum atomic E-state index is 12.3. The summed E-state index contributed by atoms with van der Waals surface area (Å²) in [7, 11) is 0. The van der Waals surface area contributed by atoms with E-state index in [0.717, 1.165) is 12.0 Å². The van der Waals surface area contributed by atoms with Crippen LogP contribution < -0.4 is 26.8 Å². The third kappa shape index (κ3) is 5.00. The molecule has 0 spiro atoms. The summed E-state index contributed by atoms with van der Waals surface area (Å²) in [6.45, 7) is 4.29. The highest BCUT2D eigenvalue weighted by atomic mass is 32.1. The number of carboxylic acid groups (broad SMARTS) is 1. The number of rotatable bonds is 10. The summed E-state index contributed by atoms with van der Waals surface area (Å²) in [5, 5.41) is 19.8. The van der Waals surface area contributed by atoms with E-state index in [0.29, 0.717) is 22.7 Å². The Morgan fingerprint density at radius 3 is 2.32 bits per heavy atom. The molecular formula is C22H23N3O5S. The highest BCUT2D eigenvalue weighted by Crippen LogP contribution is 2.20. The Morgan fingerprint density at radius 1 is 1.06 bits per heavy atom. The predicted molar refractivity (Wildman–Crippen MR) is 122 cm³/mol. The van der Waals surface area contributed by atoms with Crippen LogP contribution in [0.5, 0.6) is 0 Å². The number of amides is 1. The van der Waals surface area contributed by atoms with E-state index in [1.54, 1.807) is 24.3 Å². The molecule has 162 valence electrons. The van der Waals surface area contributed by atoms with Gasteiger partial charge in [-0.2, -0.15) is 0 Å². The number of hydrogen-bond acceptors (Lipinski definition) is 7. The molecule has 2 aromatic carbocycles. The molecule has 1 amide bonds. The number of aliphatic carboxylic acids is 1. The molecule has 0 saturated carbocycles. The van der Waals surface area contributed by atoms with Gasteiger partial charge in [0.1, 0.15) is 17.4 Å². The van der Waals surface area contributed by atoms with Gasteiger partial charge in [-0.25, -0.2) is 4.79 Å². The van der Waals surface area contributed by atoms with Gasteiger partial charge in [0.25, 0.3) is 16.8 Å². The standard InChI is InChI=1S/C22H23N3O5S/c1-3-9-23-16-17(19(27)18(16)26)25-15(22(29)30)11-13-4-6-14(7-5-13)24-21(28)20-12(2)8-10-31-20/h4-8,10,15,23,25H,3,9,11H2,1-2H3,(H,24,28)(H,29,30)/t15-/m0/s1. The SMILES string of the molecule is CCCNc1c(N[C@@H](Cc2ccc(NC(=O)c3sccc3C)cc2)C(=O)O)c(=O)c1=O. The average Bonchev–Trinajstić information content (AvgIpc) is 3.19. The Kier molecular flexibility index (Phi) is 6.86. The maximum absolute atomic E-state index is 12.3. The second-order valence-electron chi connectivity index (χ2n) is 7.16. The highest BCUT2D eigenvalue weighted by Gasteiger charge is 2.26. The molecule has 0 aliphatic rings. The number of hydrogen-bond donors (Lipinski definition) is 4. The highest BCUT2D eigenvalue weighted by molar-refractivity contribution is 7.12. The molecule has 31 heavy (non-hydrogen) atoms. The van der Waals surface area contributed by atoms with Crippen LogP contribution in [0.25, 0.3) is 0 Å². The average molecular weight is 442 g/mol. The van der Waals surface area contributed by atoms with E-state index in [9.17, 15) is 24.3 Å². The summed E-state index contributed by atoms with van der Waals surface area (Å²) in [4.78, 5) is 48.3. The first-order chi connectivity index (χ1) is 14.8. The topological polar surface area (TPSA) is 125 Å². The Morgan fingerprint density at radius 2 is 1.74 bits per heavy atom. The Labute approximate surface area is 182 Å². The van der Waals surface area contributed by atoms with Crippen molar-refractivity contribution in [2.45, 2.75) is 32.7 Å². The van der Waals surface area contributed by atoms with Crippen LogP contribution in [0.15, 0.2) is 45.3 Å². The summed E-state index contributed by atoms with van der Waals surface area (Å²) in [6.07, 6.45) is 0.856. The minimum atomic E-state index is -1.14. The molecular weight excluding hydrogens is 418 g/mol. The molecule has 3 rings (SSSR count). The number of anilines is 3. The van der Waals surface area contributed by atoms with Crippen LogP contribution in [0.2, 0.25) is 0 Å². The van der Waals surface area contributed by atoms with Crippen molar-refractivity contribution in [2.75, 3.05) is 22.5 Å². The number of aryl methyl sites for hydroxylation is 1. The minimum Gasteiger partial charge on any atom is -0.480 e. The summed E-state index contributed by atoms with van der Waals surface area (Å²) in [5.41, 5.74) is 0.997. The molecule has 0 saturated heterocycles. The van der Waals surface area contributed by atoms with E-state index in [4.69, 9.17) is 0 Å². The van der Waals surface area contributed by atoms with E-state index in [-0.39, 0.29) is 23.7 Å². The molecule has 0 unspecified atom stereocenters. The summed E-state index contributed by atoms with van der Waals surface area (Å²) in [6, 6.07) is 7.61. The number of thiophene rings is 1. The van der Waals surface area contributed by atoms with Crippen molar-refractivity contribution in [3.63, 3.8) is 0 Å². The summed E-state index contributed by atoms with van der Waals surface area (Å²) in [5.74, 6) is -1.34. The van der Waals surface area contributed by atoms with Gasteiger partial charge in [0.05, 0.1) is 4.88 Å². The van der Waals surface area contributed by atoms with Crippen LogP contribution >= 0.6 is 11.3 Å². The first-order valence-corrected chi connectivity index (χ1v) is 10.7. The van der Waals surface area contributed by atoms with Gasteiger partial charge in [-0.05, 0) is 48.1 Å². The zero-order chi connectivity index (χ0) is 22.5. The van der Waals surface area contributed by atoms with Crippen LogP contribution in [0, 0.1) is 6.92 Å². The van der Waals surface area contributed by atoms with Crippen LogP contribution in [0.1, 0.15) is 34.1 Å². The molecule has 1 heterocycles. The lowest BCUT2D eigenvalue weighted by Gasteiger charge is -2.20. The van der Waals surface area contributed by atoms with Crippen molar-refractivity contribution in [3.05, 3.63) is 72.2 Å². The lowest BCUT2D eigenvalue weighted by atomic mass is 10.0. The number of benzene rings is 1. The van der Waals surface area contributed by atoms with E-state index >= 15 is 0 Å². The van der Waals surface area contributed by atoms with Crippen molar-refractivity contribution in [2.24, 2.45) is 0 Å². The smallest absolute Gasteiger partial charge is 0.326 e. The van der Waals surface area contributed by atoms with Crippen LogP contribution in [-0.4, -0.2) is 29.6 Å². The first kappa shape index (κ1) is 22.2. The van der Waals surface area contributed by atoms with Gasteiger partial charge in [0.2, 0.25) is 0 Å². The molecule has 0 aliphatic heterocycles. The minimum absolute atomic E-state index is 0.0149. The second-order valence-corrected chi connectivity index (χ2v) is 8.07. The number of nitrogens with one attached hydrogen (secondary N) is 3. The zero-order valence-electron chi connectivity index (χ0n) is 17.2. The molecule has 3 aromatic rings. The normalized spacial score (nSPS) is 11.8. The third-order valence-electron chi connectivity index (χ3n) is 4.80. The maximum Gasteiger partial charge on any atom is 0.326 e. The Bertz CT molecular complexity index is 1160. The Balaban J connectivity index is 1.67. The fourth-order valence-electron chi connectivity index (χ4n) is 3.08. The lowest BCUT2D eigenvalue weighted by Crippen LogP contribution is -2.42. The van der Waals surface area contributed by atoms with Crippen molar-refractivity contribution >= 4 is 40.3 Å². The quantitative estimate of drug-likeness (QED) is 0.357. The van der Waals surface area contributed by atoms with Crippen LogP contribution in [0.4, 0.5) is 17.1 Å². The fraction of sp³-hybridized carbons (Fsp3) is 0.273. The number of carbonyl (C=O) groups excluding carboxylic acids is 1. The number of carboxylic acids is 1. The Hall–Kier alpha value is -3.46. The molecule has 1 aromatic heterocycles. The van der Waals surface area contributed by atoms with Gasteiger partial charge in [-0.15, -0.1) is 11.3 Å². The van der Waals surface area contributed by atoms with E-state index < -0.39 is 22.9 Å². The van der Waals surface area contributed by atoms with Crippen molar-refractivity contribution in [3.8, 4) is 0 Å². The zero-order valence-corrected chi connectivity index (χ0v) is 18.0. The van der Waals surface area contributed by atoms with Gasteiger partial charge in [-0.1, -0.05) is 19.1 Å². The molecule has 8 nitrogen and oxygen atoms in total. The molecule has 0 aliphatic carbocycles. The van der Waals surface area contributed by atoms with Gasteiger partial charge in [-0.3, -0.25) is 14.4 Å². The van der Waals surface area contributed by atoms with Crippen molar-refractivity contribution in [1.82, 2.24) is 0 Å². The monoisotopic (exact) mass is 441 g/mol. The van der Waals surface area contributed by atoms with Crippen molar-refractivity contribution in [1.29, 1.82) is 0 Å². The molecule has 1 atom stereocenters. The molecule has 0 radical (unpaired) electrons. The van der Waals surface area contributed by atoms with E-state index in [2.05, 4.69) is 16.0 Å². The van der Waals surface area contributed by atoms with Gasteiger partial charge >= 0.3 is 5.97 Å².